The van der Waals surface area contributed by atoms with Gasteiger partial charge in [0.15, 0.2) is 6.10 Å². The molecule has 3 aromatic carbocycles. The van der Waals surface area contributed by atoms with E-state index in [1.54, 1.807) is 49.4 Å². The zero-order valence-corrected chi connectivity index (χ0v) is 21.7. The van der Waals surface area contributed by atoms with E-state index in [4.69, 9.17) is 14.2 Å². The molecular formula is C30H30N2O6. The summed E-state index contributed by atoms with van der Waals surface area (Å²) in [5, 5.41) is 2.85. The Balaban J connectivity index is 1.23. The maximum Gasteiger partial charge on any atom is 0.265 e. The second kappa shape index (κ2) is 10.7. The molecule has 0 aromatic heterocycles. The van der Waals surface area contributed by atoms with E-state index in [2.05, 4.69) is 5.32 Å². The summed E-state index contributed by atoms with van der Waals surface area (Å²) < 4.78 is 17.4. The van der Waals surface area contributed by atoms with Crippen molar-refractivity contribution in [2.75, 3.05) is 18.5 Å². The summed E-state index contributed by atoms with van der Waals surface area (Å²) in [5.41, 5.74) is 3.33. The van der Waals surface area contributed by atoms with Crippen LogP contribution in [0.15, 0.2) is 60.7 Å². The van der Waals surface area contributed by atoms with E-state index >= 15 is 0 Å². The van der Waals surface area contributed by atoms with E-state index in [-0.39, 0.29) is 30.4 Å². The van der Waals surface area contributed by atoms with Crippen LogP contribution in [0.3, 0.4) is 0 Å². The zero-order chi connectivity index (χ0) is 26.8. The van der Waals surface area contributed by atoms with Crippen molar-refractivity contribution in [3.05, 3.63) is 82.9 Å². The lowest BCUT2D eigenvalue weighted by Gasteiger charge is -2.17. The Kier molecular flexibility index (Phi) is 7.15. The fourth-order valence-electron chi connectivity index (χ4n) is 4.77. The molecule has 2 aliphatic rings. The highest BCUT2D eigenvalue weighted by Crippen LogP contribution is 2.31. The van der Waals surface area contributed by atoms with Crippen LogP contribution in [0.5, 0.6) is 17.2 Å². The Bertz CT molecular complexity index is 1370. The molecule has 1 fully saturated rings. The second-order valence-corrected chi connectivity index (χ2v) is 9.77. The number of nitrogens with zero attached hydrogens (tertiary/aromatic N) is 1. The van der Waals surface area contributed by atoms with Gasteiger partial charge in [0.05, 0.1) is 23.8 Å². The lowest BCUT2D eigenvalue weighted by Crippen LogP contribution is -2.36. The summed E-state index contributed by atoms with van der Waals surface area (Å²) in [6.07, 6.45) is 0.952. The largest absolute Gasteiger partial charge is 0.481 e. The van der Waals surface area contributed by atoms with Crippen LogP contribution in [0.4, 0.5) is 5.69 Å². The lowest BCUT2D eigenvalue weighted by atomic mass is 10.1. The highest BCUT2D eigenvalue weighted by atomic mass is 16.5. The van der Waals surface area contributed by atoms with Gasteiger partial charge in [0.1, 0.15) is 17.2 Å². The monoisotopic (exact) mass is 514 g/mol. The van der Waals surface area contributed by atoms with E-state index in [1.807, 2.05) is 32.0 Å². The zero-order valence-electron chi connectivity index (χ0n) is 21.7. The van der Waals surface area contributed by atoms with E-state index in [9.17, 15) is 14.4 Å². The maximum atomic E-state index is 12.9. The van der Waals surface area contributed by atoms with Crippen LogP contribution in [0.25, 0.3) is 0 Å². The molecule has 2 heterocycles. The molecule has 3 aromatic rings. The van der Waals surface area contributed by atoms with Gasteiger partial charge in [0.25, 0.3) is 17.7 Å². The number of amides is 3. The second-order valence-electron chi connectivity index (χ2n) is 9.77. The van der Waals surface area contributed by atoms with Crippen molar-refractivity contribution in [2.24, 2.45) is 0 Å². The first kappa shape index (κ1) is 25.5. The van der Waals surface area contributed by atoms with Crippen LogP contribution in [0.1, 0.15) is 51.6 Å². The minimum Gasteiger partial charge on any atom is -0.481 e. The fourth-order valence-corrected chi connectivity index (χ4v) is 4.77. The van der Waals surface area contributed by atoms with Crippen molar-refractivity contribution in [2.45, 2.75) is 45.8 Å². The molecule has 8 nitrogen and oxygen atoms in total. The molecule has 3 amide bonds. The third-order valence-electron chi connectivity index (χ3n) is 6.57. The number of rotatable bonds is 8. The predicted molar refractivity (Wildman–Crippen MR) is 142 cm³/mol. The van der Waals surface area contributed by atoms with Crippen molar-refractivity contribution in [3.8, 4) is 17.2 Å². The van der Waals surface area contributed by atoms with Crippen LogP contribution >= 0.6 is 0 Å². The van der Waals surface area contributed by atoms with Crippen molar-refractivity contribution >= 4 is 23.4 Å². The lowest BCUT2D eigenvalue weighted by molar-refractivity contribution is -0.122. The summed E-state index contributed by atoms with van der Waals surface area (Å²) in [5.74, 6) is 0.576. The number of hydrogen-bond donors (Lipinski definition) is 1. The number of benzene rings is 3. The van der Waals surface area contributed by atoms with Gasteiger partial charge in [0, 0.05) is 18.4 Å². The molecule has 0 saturated carbocycles. The third-order valence-corrected chi connectivity index (χ3v) is 6.57. The first-order valence-electron chi connectivity index (χ1n) is 12.7. The van der Waals surface area contributed by atoms with Gasteiger partial charge in [-0.25, -0.2) is 0 Å². The molecule has 5 rings (SSSR count). The Morgan fingerprint density at radius 2 is 1.71 bits per heavy atom. The molecule has 0 aliphatic carbocycles. The van der Waals surface area contributed by atoms with Crippen LogP contribution in [-0.2, 0) is 9.53 Å². The number of fused-ring (bicyclic) bond motifs is 1. The van der Waals surface area contributed by atoms with Crippen LogP contribution in [0, 0.1) is 13.8 Å². The SMILES string of the molecule is Cc1cc(C)cc(OC(C)C(=O)Nc2cccc(Oc3ccc4c(c3)C(=O)N(CC3CCCO3)C4=O)c2)c1. The Morgan fingerprint density at radius 1 is 0.974 bits per heavy atom. The highest BCUT2D eigenvalue weighted by Gasteiger charge is 2.37. The minimum absolute atomic E-state index is 0.111. The molecule has 2 unspecified atom stereocenters. The number of imide groups is 1. The number of nitrogens with one attached hydrogen (secondary N) is 1. The summed E-state index contributed by atoms with van der Waals surface area (Å²) >= 11 is 0. The van der Waals surface area contributed by atoms with E-state index in [0.29, 0.717) is 40.7 Å². The summed E-state index contributed by atoms with van der Waals surface area (Å²) in [7, 11) is 0. The van der Waals surface area contributed by atoms with Crippen LogP contribution in [-0.4, -0.2) is 48.0 Å². The molecule has 0 radical (unpaired) electrons. The number of carbonyl (C=O) groups is 3. The summed E-state index contributed by atoms with van der Waals surface area (Å²) in [4.78, 5) is 39.7. The topological polar surface area (TPSA) is 94.2 Å². The quantitative estimate of drug-likeness (QED) is 0.411. The molecule has 2 atom stereocenters. The smallest absolute Gasteiger partial charge is 0.265 e. The van der Waals surface area contributed by atoms with Crippen LogP contribution < -0.4 is 14.8 Å². The standard InChI is InChI=1S/C30H30N2O6/c1-18-12-19(2)14-25(13-18)37-20(3)28(33)31-21-6-4-7-22(15-21)38-23-9-10-26-27(16-23)30(35)32(29(26)34)17-24-8-5-11-36-24/h4,6-7,9-10,12-16,20,24H,5,8,11,17H2,1-3H3,(H,31,33). The number of anilines is 1. The average molecular weight is 515 g/mol. The third kappa shape index (κ3) is 5.55. The number of ether oxygens (including phenoxy) is 3. The molecule has 196 valence electrons. The molecule has 2 aliphatic heterocycles. The number of aryl methyl sites for hydroxylation is 2. The molecule has 0 spiro atoms. The Morgan fingerprint density at radius 3 is 2.45 bits per heavy atom. The van der Waals surface area contributed by atoms with Gasteiger partial charge in [-0.05, 0) is 87.2 Å². The van der Waals surface area contributed by atoms with E-state index in [1.165, 1.54) is 4.90 Å². The minimum atomic E-state index is -0.710. The van der Waals surface area contributed by atoms with Gasteiger partial charge in [-0.1, -0.05) is 12.1 Å². The normalized spacial score (nSPS) is 17.3. The molecule has 1 N–H and O–H groups in total. The fraction of sp³-hybridized carbons (Fsp3) is 0.300. The van der Waals surface area contributed by atoms with Gasteiger partial charge in [-0.2, -0.15) is 0 Å². The molecular weight excluding hydrogens is 484 g/mol. The van der Waals surface area contributed by atoms with Gasteiger partial charge in [-0.3, -0.25) is 19.3 Å². The van der Waals surface area contributed by atoms with Crippen molar-refractivity contribution in [1.82, 2.24) is 4.90 Å². The maximum absolute atomic E-state index is 12.9. The van der Waals surface area contributed by atoms with Gasteiger partial charge in [-0.15, -0.1) is 0 Å². The van der Waals surface area contributed by atoms with E-state index < -0.39 is 6.10 Å². The van der Waals surface area contributed by atoms with Gasteiger partial charge >= 0.3 is 0 Å². The molecule has 8 heteroatoms. The number of hydrogen-bond acceptors (Lipinski definition) is 6. The molecule has 1 saturated heterocycles. The van der Waals surface area contributed by atoms with Crippen molar-refractivity contribution in [1.29, 1.82) is 0 Å². The Hall–Kier alpha value is -4.17. The molecule has 38 heavy (non-hydrogen) atoms. The van der Waals surface area contributed by atoms with Gasteiger partial charge < -0.3 is 19.5 Å². The molecule has 0 bridgehead atoms. The first-order valence-corrected chi connectivity index (χ1v) is 12.7. The van der Waals surface area contributed by atoms with Crippen molar-refractivity contribution < 1.29 is 28.6 Å². The summed E-state index contributed by atoms with van der Waals surface area (Å²) in [6, 6.07) is 17.6. The predicted octanol–water partition coefficient (Wildman–Crippen LogP) is 5.28. The van der Waals surface area contributed by atoms with Crippen molar-refractivity contribution in [3.63, 3.8) is 0 Å². The first-order chi connectivity index (χ1) is 18.3. The average Bonchev–Trinajstić information content (AvgIpc) is 3.46. The highest BCUT2D eigenvalue weighted by molar-refractivity contribution is 6.21. The Labute approximate surface area is 221 Å². The van der Waals surface area contributed by atoms with Crippen LogP contribution in [0.2, 0.25) is 0 Å². The van der Waals surface area contributed by atoms with E-state index in [0.717, 1.165) is 24.0 Å². The number of carbonyl (C=O) groups excluding carboxylic acids is 3. The van der Waals surface area contributed by atoms with Gasteiger partial charge in [0.2, 0.25) is 0 Å². The summed E-state index contributed by atoms with van der Waals surface area (Å²) in [6.45, 7) is 6.57.